The Hall–Kier alpha value is -2.82. The third-order valence-corrected chi connectivity index (χ3v) is 4.07. The number of hydrogen-bond donors (Lipinski definition) is 2. The Labute approximate surface area is 175 Å². The maximum Gasteiger partial charge on any atom is 0.186 e. The van der Waals surface area contributed by atoms with E-state index in [4.69, 9.17) is 33.3 Å². The second-order valence-corrected chi connectivity index (χ2v) is 6.37. The van der Waals surface area contributed by atoms with Crippen LogP contribution in [0.15, 0.2) is 41.5 Å². The van der Waals surface area contributed by atoms with Crippen LogP contribution in [0.25, 0.3) is 0 Å². The van der Waals surface area contributed by atoms with Crippen molar-refractivity contribution in [2.45, 2.75) is 20.5 Å². The standard InChI is InChI=1S/C20H21ClN4O2S/c1-3-23-20(28)25-24-12-14-9-17(21)19(18(10-14)26-4-2)27-13-16-8-6-5-7-15(16)11-22/h5-10,12H,3-4,13H2,1-2H3,(H2,23,25,28)/b24-12-. The molecule has 0 aliphatic heterocycles. The summed E-state index contributed by atoms with van der Waals surface area (Å²) in [6.07, 6.45) is 1.59. The van der Waals surface area contributed by atoms with E-state index in [1.165, 1.54) is 0 Å². The van der Waals surface area contributed by atoms with Crippen molar-refractivity contribution < 1.29 is 9.47 Å². The van der Waals surface area contributed by atoms with E-state index in [0.717, 1.165) is 11.1 Å². The number of hydrazone groups is 1. The van der Waals surface area contributed by atoms with Crippen LogP contribution in [0, 0.1) is 11.3 Å². The van der Waals surface area contributed by atoms with Crippen LogP contribution in [-0.4, -0.2) is 24.5 Å². The molecule has 0 spiro atoms. The normalized spacial score (nSPS) is 10.4. The minimum Gasteiger partial charge on any atom is -0.490 e. The van der Waals surface area contributed by atoms with Crippen LogP contribution in [0.5, 0.6) is 11.5 Å². The average molecular weight is 417 g/mol. The molecule has 2 N–H and O–H groups in total. The topological polar surface area (TPSA) is 78.7 Å². The molecule has 2 aromatic rings. The quantitative estimate of drug-likeness (QED) is 0.384. The zero-order valence-corrected chi connectivity index (χ0v) is 17.2. The molecule has 0 atom stereocenters. The second kappa shape index (κ2) is 11.1. The van der Waals surface area contributed by atoms with Crippen LogP contribution in [0.4, 0.5) is 0 Å². The first kappa shape index (κ1) is 21.5. The number of nitriles is 1. The Morgan fingerprint density at radius 2 is 2.07 bits per heavy atom. The molecule has 0 bridgehead atoms. The fraction of sp³-hybridized carbons (Fsp3) is 0.250. The summed E-state index contributed by atoms with van der Waals surface area (Å²) in [4.78, 5) is 0. The molecule has 0 saturated carbocycles. The van der Waals surface area contributed by atoms with Gasteiger partial charge in [0.05, 0.1) is 29.5 Å². The van der Waals surface area contributed by atoms with Crippen LogP contribution in [0.3, 0.4) is 0 Å². The monoisotopic (exact) mass is 416 g/mol. The van der Waals surface area contributed by atoms with Crippen LogP contribution in [0.1, 0.15) is 30.5 Å². The predicted molar refractivity (Wildman–Crippen MR) is 115 cm³/mol. The number of hydrogen-bond acceptors (Lipinski definition) is 5. The number of ether oxygens (including phenoxy) is 2. The van der Waals surface area contributed by atoms with Gasteiger partial charge in [-0.3, -0.25) is 5.43 Å². The Kier molecular flexibility index (Phi) is 8.53. The molecule has 0 amide bonds. The summed E-state index contributed by atoms with van der Waals surface area (Å²) in [5.74, 6) is 0.921. The summed E-state index contributed by atoms with van der Waals surface area (Å²) < 4.78 is 11.6. The predicted octanol–water partition coefficient (Wildman–Crippen LogP) is 4.01. The highest BCUT2D eigenvalue weighted by Gasteiger charge is 2.13. The molecular formula is C20H21ClN4O2S. The third-order valence-electron chi connectivity index (χ3n) is 3.56. The minimum absolute atomic E-state index is 0.204. The van der Waals surface area contributed by atoms with Gasteiger partial charge in [-0.05, 0) is 49.8 Å². The van der Waals surface area contributed by atoms with Crippen molar-refractivity contribution in [1.82, 2.24) is 10.7 Å². The van der Waals surface area contributed by atoms with Gasteiger partial charge >= 0.3 is 0 Å². The molecule has 2 rings (SSSR count). The van der Waals surface area contributed by atoms with Gasteiger partial charge in [0.1, 0.15) is 6.61 Å². The molecule has 0 aromatic heterocycles. The molecule has 28 heavy (non-hydrogen) atoms. The highest BCUT2D eigenvalue weighted by atomic mass is 35.5. The number of benzene rings is 2. The van der Waals surface area contributed by atoms with E-state index in [0.29, 0.717) is 40.3 Å². The van der Waals surface area contributed by atoms with Crippen LogP contribution >= 0.6 is 23.8 Å². The molecule has 0 aliphatic carbocycles. The molecule has 0 saturated heterocycles. The van der Waals surface area contributed by atoms with Crippen LogP contribution in [0.2, 0.25) is 5.02 Å². The van der Waals surface area contributed by atoms with Crippen molar-refractivity contribution in [3.63, 3.8) is 0 Å². The Morgan fingerprint density at radius 3 is 2.79 bits per heavy atom. The van der Waals surface area contributed by atoms with Gasteiger partial charge in [-0.2, -0.15) is 10.4 Å². The maximum absolute atomic E-state index is 9.21. The smallest absolute Gasteiger partial charge is 0.186 e. The number of nitrogens with one attached hydrogen (secondary N) is 2. The maximum atomic E-state index is 9.21. The lowest BCUT2D eigenvalue weighted by Gasteiger charge is -2.15. The van der Waals surface area contributed by atoms with Gasteiger partial charge in [0, 0.05) is 12.1 Å². The zero-order valence-electron chi connectivity index (χ0n) is 15.7. The van der Waals surface area contributed by atoms with Gasteiger partial charge in [-0.1, -0.05) is 29.8 Å². The fourth-order valence-electron chi connectivity index (χ4n) is 2.34. The van der Waals surface area contributed by atoms with Gasteiger partial charge in [0.15, 0.2) is 16.6 Å². The molecule has 146 valence electrons. The molecule has 0 fully saturated rings. The number of thiocarbonyl (C=S) groups is 1. The van der Waals surface area contributed by atoms with Crippen molar-refractivity contribution in [1.29, 1.82) is 5.26 Å². The first-order valence-corrected chi connectivity index (χ1v) is 9.51. The van der Waals surface area contributed by atoms with Crippen molar-refractivity contribution in [2.75, 3.05) is 13.2 Å². The van der Waals surface area contributed by atoms with E-state index < -0.39 is 0 Å². The van der Waals surface area contributed by atoms with E-state index in [-0.39, 0.29) is 6.61 Å². The summed E-state index contributed by atoms with van der Waals surface area (Å²) in [6, 6.07) is 12.9. The van der Waals surface area contributed by atoms with E-state index in [1.807, 2.05) is 32.0 Å². The van der Waals surface area contributed by atoms with Crippen molar-refractivity contribution in [2.24, 2.45) is 5.10 Å². The van der Waals surface area contributed by atoms with Crippen LogP contribution in [-0.2, 0) is 6.61 Å². The molecule has 0 radical (unpaired) electrons. The van der Waals surface area contributed by atoms with Gasteiger partial charge in [-0.15, -0.1) is 0 Å². The lowest BCUT2D eigenvalue weighted by atomic mass is 10.1. The summed E-state index contributed by atoms with van der Waals surface area (Å²) >= 11 is 11.5. The fourth-order valence-corrected chi connectivity index (χ4v) is 2.81. The molecule has 2 aromatic carbocycles. The summed E-state index contributed by atoms with van der Waals surface area (Å²) in [7, 11) is 0. The Balaban J connectivity index is 2.19. The Morgan fingerprint density at radius 1 is 1.29 bits per heavy atom. The lowest BCUT2D eigenvalue weighted by molar-refractivity contribution is 0.269. The van der Waals surface area contributed by atoms with E-state index in [2.05, 4.69) is 21.9 Å². The summed E-state index contributed by atoms with van der Waals surface area (Å²) in [5, 5.41) is 17.0. The molecule has 8 heteroatoms. The third kappa shape index (κ3) is 6.12. The van der Waals surface area contributed by atoms with Gasteiger partial charge < -0.3 is 14.8 Å². The minimum atomic E-state index is 0.204. The molecular weight excluding hydrogens is 396 g/mol. The SMILES string of the molecule is CCNC(=S)N/N=C\c1cc(Cl)c(OCc2ccccc2C#N)c(OCC)c1. The van der Waals surface area contributed by atoms with E-state index in [1.54, 1.807) is 24.4 Å². The molecule has 0 unspecified atom stereocenters. The highest BCUT2D eigenvalue weighted by Crippen LogP contribution is 2.37. The second-order valence-electron chi connectivity index (χ2n) is 5.55. The number of nitrogens with zero attached hydrogens (tertiary/aromatic N) is 2. The van der Waals surface area contributed by atoms with Crippen molar-refractivity contribution in [3.05, 3.63) is 58.1 Å². The zero-order chi connectivity index (χ0) is 20.4. The number of halogens is 1. The Bertz CT molecular complexity index is 896. The summed E-state index contributed by atoms with van der Waals surface area (Å²) in [6.45, 7) is 5.18. The van der Waals surface area contributed by atoms with Crippen molar-refractivity contribution in [3.8, 4) is 17.6 Å². The largest absolute Gasteiger partial charge is 0.490 e. The van der Waals surface area contributed by atoms with Gasteiger partial charge in [0.2, 0.25) is 0 Å². The highest BCUT2D eigenvalue weighted by molar-refractivity contribution is 7.80. The van der Waals surface area contributed by atoms with Gasteiger partial charge in [0.25, 0.3) is 0 Å². The van der Waals surface area contributed by atoms with E-state index in [9.17, 15) is 5.26 Å². The summed E-state index contributed by atoms with van der Waals surface area (Å²) in [5.41, 5.74) is 4.78. The van der Waals surface area contributed by atoms with Crippen LogP contribution < -0.4 is 20.2 Å². The molecule has 0 heterocycles. The molecule has 0 aliphatic rings. The average Bonchev–Trinajstić information content (AvgIpc) is 2.68. The first-order chi connectivity index (χ1) is 13.6. The molecule has 6 nitrogen and oxygen atoms in total. The van der Waals surface area contributed by atoms with Gasteiger partial charge in [-0.25, -0.2) is 0 Å². The first-order valence-electron chi connectivity index (χ1n) is 8.73. The number of rotatable bonds is 8. The van der Waals surface area contributed by atoms with Crippen molar-refractivity contribution >= 4 is 35.1 Å². The van der Waals surface area contributed by atoms with E-state index >= 15 is 0 Å². The lowest BCUT2D eigenvalue weighted by Crippen LogP contribution is -2.31.